The number of hydrogen-bond donors (Lipinski definition) is 1. The van der Waals surface area contributed by atoms with Crippen LogP contribution in [0.1, 0.15) is 19.4 Å². The van der Waals surface area contributed by atoms with Crippen molar-refractivity contribution in [3.8, 4) is 0 Å². The third kappa shape index (κ3) is 2.98. The number of hydrogen-bond acceptors (Lipinski definition) is 1. The molecule has 0 radical (unpaired) electrons. The summed E-state index contributed by atoms with van der Waals surface area (Å²) in [4.78, 5) is 0. The monoisotopic (exact) mass is 201 g/mol. The Bertz CT molecular complexity index is 266. The molecule has 0 fully saturated rings. The SMILES string of the molecule is CC(C)NCc1c(F)cccc1Cl. The van der Waals surface area contributed by atoms with Gasteiger partial charge >= 0.3 is 0 Å². The molecule has 1 N–H and O–H groups in total. The van der Waals surface area contributed by atoms with E-state index in [1.165, 1.54) is 6.07 Å². The normalized spacial score (nSPS) is 10.8. The van der Waals surface area contributed by atoms with Crippen molar-refractivity contribution in [3.63, 3.8) is 0 Å². The number of nitrogens with one attached hydrogen (secondary N) is 1. The second-order valence-corrected chi connectivity index (χ2v) is 3.64. The molecule has 1 nitrogen and oxygen atoms in total. The zero-order chi connectivity index (χ0) is 9.84. The lowest BCUT2D eigenvalue weighted by atomic mass is 10.2. The van der Waals surface area contributed by atoms with Crippen LogP contribution in [0.4, 0.5) is 4.39 Å². The summed E-state index contributed by atoms with van der Waals surface area (Å²) in [6.07, 6.45) is 0. The zero-order valence-electron chi connectivity index (χ0n) is 7.77. The average Bonchev–Trinajstić information content (AvgIpc) is 2.03. The summed E-state index contributed by atoms with van der Waals surface area (Å²) in [5, 5.41) is 3.60. The maximum atomic E-state index is 13.2. The molecule has 3 heteroatoms. The lowest BCUT2D eigenvalue weighted by Gasteiger charge is -2.09. The highest BCUT2D eigenvalue weighted by Gasteiger charge is 2.06. The van der Waals surface area contributed by atoms with Crippen LogP contribution in [0.5, 0.6) is 0 Å². The van der Waals surface area contributed by atoms with Gasteiger partial charge < -0.3 is 5.32 Å². The molecule has 0 unspecified atom stereocenters. The van der Waals surface area contributed by atoms with Gasteiger partial charge in [-0.3, -0.25) is 0 Å². The van der Waals surface area contributed by atoms with E-state index >= 15 is 0 Å². The van der Waals surface area contributed by atoms with Gasteiger partial charge in [-0.1, -0.05) is 31.5 Å². The van der Waals surface area contributed by atoms with Gasteiger partial charge in [0.2, 0.25) is 0 Å². The van der Waals surface area contributed by atoms with Gasteiger partial charge in [-0.2, -0.15) is 0 Å². The van der Waals surface area contributed by atoms with Gasteiger partial charge in [-0.15, -0.1) is 0 Å². The van der Waals surface area contributed by atoms with Gasteiger partial charge in [-0.25, -0.2) is 4.39 Å². The molecular formula is C10H13ClFN. The number of benzene rings is 1. The summed E-state index contributed by atoms with van der Waals surface area (Å²) in [6.45, 7) is 4.49. The molecule has 0 spiro atoms. The van der Waals surface area contributed by atoms with Crippen molar-refractivity contribution < 1.29 is 4.39 Å². The van der Waals surface area contributed by atoms with E-state index in [4.69, 9.17) is 11.6 Å². The van der Waals surface area contributed by atoms with Crippen molar-refractivity contribution >= 4 is 11.6 Å². The minimum Gasteiger partial charge on any atom is -0.310 e. The Hall–Kier alpha value is -0.600. The first-order valence-electron chi connectivity index (χ1n) is 4.27. The van der Waals surface area contributed by atoms with Gasteiger partial charge in [0, 0.05) is 23.2 Å². The molecule has 1 aromatic carbocycles. The first-order chi connectivity index (χ1) is 6.11. The van der Waals surface area contributed by atoms with Gasteiger partial charge in [0.15, 0.2) is 0 Å². The molecule has 0 atom stereocenters. The molecule has 0 aliphatic carbocycles. The fourth-order valence-corrected chi connectivity index (χ4v) is 1.24. The Kier molecular flexibility index (Phi) is 3.70. The van der Waals surface area contributed by atoms with E-state index < -0.39 is 0 Å². The topological polar surface area (TPSA) is 12.0 Å². The quantitative estimate of drug-likeness (QED) is 0.793. The highest BCUT2D eigenvalue weighted by molar-refractivity contribution is 6.31. The van der Waals surface area contributed by atoms with Crippen LogP contribution in [-0.4, -0.2) is 6.04 Å². The third-order valence-electron chi connectivity index (χ3n) is 1.75. The van der Waals surface area contributed by atoms with E-state index in [1.807, 2.05) is 13.8 Å². The molecule has 13 heavy (non-hydrogen) atoms. The summed E-state index contributed by atoms with van der Waals surface area (Å²) in [5.74, 6) is -0.249. The largest absolute Gasteiger partial charge is 0.310 e. The lowest BCUT2D eigenvalue weighted by Crippen LogP contribution is -2.22. The van der Waals surface area contributed by atoms with Gasteiger partial charge in [0.1, 0.15) is 5.82 Å². The molecule has 0 saturated heterocycles. The minimum absolute atomic E-state index is 0.249. The van der Waals surface area contributed by atoms with Crippen molar-refractivity contribution in [2.24, 2.45) is 0 Å². The predicted octanol–water partition coefficient (Wildman–Crippen LogP) is 2.98. The van der Waals surface area contributed by atoms with Gasteiger partial charge in [0.05, 0.1) is 0 Å². The van der Waals surface area contributed by atoms with Crippen LogP contribution in [0.15, 0.2) is 18.2 Å². The summed E-state index contributed by atoms with van der Waals surface area (Å²) >= 11 is 5.83. The Morgan fingerprint density at radius 2 is 2.15 bits per heavy atom. The Labute approximate surface area is 82.9 Å². The predicted molar refractivity (Wildman–Crippen MR) is 53.4 cm³/mol. The van der Waals surface area contributed by atoms with E-state index in [1.54, 1.807) is 12.1 Å². The second kappa shape index (κ2) is 4.58. The Morgan fingerprint density at radius 1 is 1.46 bits per heavy atom. The second-order valence-electron chi connectivity index (χ2n) is 3.24. The summed E-state index contributed by atoms with van der Waals surface area (Å²) in [6, 6.07) is 5.05. The summed E-state index contributed by atoms with van der Waals surface area (Å²) < 4.78 is 13.2. The van der Waals surface area contributed by atoms with Crippen molar-refractivity contribution in [1.29, 1.82) is 0 Å². The van der Waals surface area contributed by atoms with Gasteiger partial charge in [-0.05, 0) is 12.1 Å². The molecule has 1 aromatic rings. The first-order valence-corrected chi connectivity index (χ1v) is 4.65. The van der Waals surface area contributed by atoms with E-state index in [0.717, 1.165) is 0 Å². The van der Waals surface area contributed by atoms with E-state index in [-0.39, 0.29) is 5.82 Å². The van der Waals surface area contributed by atoms with Crippen LogP contribution < -0.4 is 5.32 Å². The van der Waals surface area contributed by atoms with Crippen molar-refractivity contribution in [2.75, 3.05) is 0 Å². The lowest BCUT2D eigenvalue weighted by molar-refractivity contribution is 0.553. The van der Waals surface area contributed by atoms with E-state index in [2.05, 4.69) is 5.32 Å². The Balaban J connectivity index is 2.75. The first kappa shape index (κ1) is 10.5. The van der Waals surface area contributed by atoms with Crippen molar-refractivity contribution in [2.45, 2.75) is 26.4 Å². The smallest absolute Gasteiger partial charge is 0.129 e. The fourth-order valence-electron chi connectivity index (χ4n) is 1.01. The van der Waals surface area contributed by atoms with Gasteiger partial charge in [0.25, 0.3) is 0 Å². The Morgan fingerprint density at radius 3 is 2.69 bits per heavy atom. The van der Waals surface area contributed by atoms with Crippen LogP contribution >= 0.6 is 11.6 Å². The molecule has 0 aliphatic rings. The highest BCUT2D eigenvalue weighted by Crippen LogP contribution is 2.18. The summed E-state index contributed by atoms with van der Waals surface area (Å²) in [5.41, 5.74) is 0.540. The molecule has 72 valence electrons. The molecule has 1 rings (SSSR count). The standard InChI is InChI=1S/C10H13ClFN/c1-7(2)13-6-8-9(11)4-3-5-10(8)12/h3-5,7,13H,6H2,1-2H3. The molecule has 0 aliphatic heterocycles. The maximum absolute atomic E-state index is 13.2. The molecule has 0 amide bonds. The molecule has 0 bridgehead atoms. The van der Waals surface area contributed by atoms with Crippen LogP contribution in [0, 0.1) is 5.82 Å². The molecule has 0 heterocycles. The minimum atomic E-state index is -0.249. The van der Waals surface area contributed by atoms with E-state index in [0.29, 0.717) is 23.2 Å². The molecule has 0 aromatic heterocycles. The third-order valence-corrected chi connectivity index (χ3v) is 2.10. The van der Waals surface area contributed by atoms with Crippen molar-refractivity contribution in [1.82, 2.24) is 5.32 Å². The van der Waals surface area contributed by atoms with Crippen LogP contribution in [0.3, 0.4) is 0 Å². The van der Waals surface area contributed by atoms with Crippen molar-refractivity contribution in [3.05, 3.63) is 34.6 Å². The van der Waals surface area contributed by atoms with E-state index in [9.17, 15) is 4.39 Å². The highest BCUT2D eigenvalue weighted by atomic mass is 35.5. The molecule has 0 saturated carbocycles. The van der Waals surface area contributed by atoms with Crippen LogP contribution in [0.2, 0.25) is 5.02 Å². The van der Waals surface area contributed by atoms with Crippen LogP contribution in [0.25, 0.3) is 0 Å². The number of rotatable bonds is 3. The number of halogens is 2. The summed E-state index contributed by atoms with van der Waals surface area (Å²) in [7, 11) is 0. The van der Waals surface area contributed by atoms with Crippen LogP contribution in [-0.2, 0) is 6.54 Å². The zero-order valence-corrected chi connectivity index (χ0v) is 8.53. The fraction of sp³-hybridized carbons (Fsp3) is 0.400. The maximum Gasteiger partial charge on any atom is 0.129 e. The average molecular weight is 202 g/mol. The molecular weight excluding hydrogens is 189 g/mol.